The quantitative estimate of drug-likeness (QED) is 0.786. The van der Waals surface area contributed by atoms with Gasteiger partial charge >= 0.3 is 0 Å². The molecule has 2 aromatic rings. The molecule has 0 atom stereocenters. The monoisotopic (exact) mass is 285 g/mol. The molecule has 0 aromatic heterocycles. The first-order valence-electron chi connectivity index (χ1n) is 6.98. The second-order valence-corrected chi connectivity index (χ2v) is 4.44. The molecule has 0 aliphatic rings. The van der Waals surface area contributed by atoms with E-state index in [-0.39, 0.29) is 5.91 Å². The molecule has 0 fully saturated rings. The summed E-state index contributed by atoms with van der Waals surface area (Å²) in [5.41, 5.74) is 0.713. The molecule has 0 radical (unpaired) electrons. The lowest BCUT2D eigenvalue weighted by molar-refractivity contribution is -0.117. The molecule has 1 amide bonds. The van der Waals surface area contributed by atoms with E-state index in [1.807, 2.05) is 55.5 Å². The number of amides is 1. The Morgan fingerprint density at radius 3 is 2.57 bits per heavy atom. The van der Waals surface area contributed by atoms with Crippen LogP contribution in [-0.2, 0) is 9.53 Å². The van der Waals surface area contributed by atoms with Crippen LogP contribution in [0.1, 0.15) is 13.3 Å². The smallest absolute Gasteiger partial charge is 0.226 e. The van der Waals surface area contributed by atoms with Crippen LogP contribution in [0.2, 0.25) is 0 Å². The lowest BCUT2D eigenvalue weighted by atomic mass is 10.3. The number of rotatable bonds is 7. The average Bonchev–Trinajstić information content (AvgIpc) is 2.49. The van der Waals surface area contributed by atoms with E-state index in [9.17, 15) is 4.79 Å². The Morgan fingerprint density at radius 2 is 1.81 bits per heavy atom. The van der Waals surface area contributed by atoms with Gasteiger partial charge in [-0.25, -0.2) is 0 Å². The van der Waals surface area contributed by atoms with Gasteiger partial charge in [0.25, 0.3) is 0 Å². The normalized spacial score (nSPS) is 10.1. The van der Waals surface area contributed by atoms with Crippen molar-refractivity contribution in [1.29, 1.82) is 0 Å². The van der Waals surface area contributed by atoms with Gasteiger partial charge in [-0.3, -0.25) is 4.79 Å². The third kappa shape index (κ3) is 5.28. The topological polar surface area (TPSA) is 47.6 Å². The van der Waals surface area contributed by atoms with Gasteiger partial charge in [-0.15, -0.1) is 0 Å². The van der Waals surface area contributed by atoms with Crippen LogP contribution >= 0.6 is 0 Å². The zero-order valence-corrected chi connectivity index (χ0v) is 12.0. The molecular formula is C17H19NO3. The van der Waals surface area contributed by atoms with E-state index in [1.165, 1.54) is 0 Å². The van der Waals surface area contributed by atoms with Gasteiger partial charge in [0.05, 0.1) is 13.0 Å². The number of para-hydroxylation sites is 1. The number of carbonyl (C=O) groups excluding carboxylic acids is 1. The maximum absolute atomic E-state index is 11.7. The van der Waals surface area contributed by atoms with Crippen LogP contribution in [-0.4, -0.2) is 19.1 Å². The van der Waals surface area contributed by atoms with Crippen LogP contribution < -0.4 is 10.1 Å². The Morgan fingerprint density at radius 1 is 1.05 bits per heavy atom. The van der Waals surface area contributed by atoms with Gasteiger partial charge in [0.1, 0.15) is 11.5 Å². The highest BCUT2D eigenvalue weighted by Crippen LogP contribution is 2.23. The summed E-state index contributed by atoms with van der Waals surface area (Å²) in [5, 5.41) is 2.83. The van der Waals surface area contributed by atoms with Crippen molar-refractivity contribution >= 4 is 11.6 Å². The fourth-order valence-electron chi connectivity index (χ4n) is 1.79. The van der Waals surface area contributed by atoms with E-state index in [0.29, 0.717) is 31.1 Å². The molecular weight excluding hydrogens is 266 g/mol. The number of hydrogen-bond acceptors (Lipinski definition) is 3. The largest absolute Gasteiger partial charge is 0.457 e. The summed E-state index contributed by atoms with van der Waals surface area (Å²) in [6.07, 6.45) is 0.345. The first-order valence-corrected chi connectivity index (χ1v) is 6.98. The van der Waals surface area contributed by atoms with Crippen molar-refractivity contribution in [3.05, 3.63) is 54.6 Å². The molecule has 0 saturated heterocycles. The summed E-state index contributed by atoms with van der Waals surface area (Å²) >= 11 is 0. The highest BCUT2D eigenvalue weighted by atomic mass is 16.5. The molecule has 0 saturated carbocycles. The van der Waals surface area contributed by atoms with Crippen LogP contribution in [0.15, 0.2) is 54.6 Å². The number of ether oxygens (including phenoxy) is 2. The number of hydrogen-bond donors (Lipinski definition) is 1. The summed E-state index contributed by atoms with van der Waals surface area (Å²) in [6, 6.07) is 16.8. The van der Waals surface area contributed by atoms with E-state index in [2.05, 4.69) is 5.32 Å². The Balaban J connectivity index is 1.93. The van der Waals surface area contributed by atoms with Gasteiger partial charge < -0.3 is 14.8 Å². The maximum atomic E-state index is 11.7. The van der Waals surface area contributed by atoms with E-state index < -0.39 is 0 Å². The molecule has 0 aliphatic heterocycles. The molecule has 110 valence electrons. The van der Waals surface area contributed by atoms with Crippen molar-refractivity contribution in [2.45, 2.75) is 13.3 Å². The van der Waals surface area contributed by atoms with E-state index >= 15 is 0 Å². The molecule has 0 bridgehead atoms. The van der Waals surface area contributed by atoms with E-state index in [4.69, 9.17) is 9.47 Å². The summed E-state index contributed by atoms with van der Waals surface area (Å²) in [6.45, 7) is 2.96. The molecule has 4 nitrogen and oxygen atoms in total. The minimum absolute atomic E-state index is 0.0692. The lowest BCUT2D eigenvalue weighted by Crippen LogP contribution is -2.14. The van der Waals surface area contributed by atoms with Crippen molar-refractivity contribution in [2.75, 3.05) is 18.5 Å². The average molecular weight is 285 g/mol. The number of anilines is 1. The molecule has 0 spiro atoms. The highest BCUT2D eigenvalue weighted by Gasteiger charge is 2.04. The third-order valence-electron chi connectivity index (χ3n) is 2.77. The zero-order chi connectivity index (χ0) is 14.9. The predicted octanol–water partition coefficient (Wildman–Crippen LogP) is 3.84. The molecule has 0 unspecified atom stereocenters. The Bertz CT molecular complexity index is 569. The second-order valence-electron chi connectivity index (χ2n) is 4.44. The third-order valence-corrected chi connectivity index (χ3v) is 2.77. The standard InChI is InChI=1S/C17H19NO3/c1-2-20-12-11-17(19)18-14-7-6-10-16(13-14)21-15-8-4-3-5-9-15/h3-10,13H,2,11-12H2,1H3,(H,18,19). The summed E-state index contributed by atoms with van der Waals surface area (Å²) in [7, 11) is 0. The molecule has 0 heterocycles. The van der Waals surface area contributed by atoms with Crippen molar-refractivity contribution in [3.8, 4) is 11.5 Å². The van der Waals surface area contributed by atoms with Crippen molar-refractivity contribution in [3.63, 3.8) is 0 Å². The van der Waals surface area contributed by atoms with E-state index in [1.54, 1.807) is 6.07 Å². The SMILES string of the molecule is CCOCCC(=O)Nc1cccc(Oc2ccccc2)c1. The predicted molar refractivity (Wildman–Crippen MR) is 82.7 cm³/mol. The van der Waals surface area contributed by atoms with Gasteiger partial charge in [0.2, 0.25) is 5.91 Å². The Hall–Kier alpha value is -2.33. The summed E-state index contributed by atoms with van der Waals surface area (Å²) < 4.78 is 10.9. The van der Waals surface area contributed by atoms with Crippen LogP contribution in [0.5, 0.6) is 11.5 Å². The lowest BCUT2D eigenvalue weighted by Gasteiger charge is -2.09. The summed E-state index contributed by atoms with van der Waals surface area (Å²) in [5.74, 6) is 1.38. The van der Waals surface area contributed by atoms with Gasteiger partial charge in [-0.2, -0.15) is 0 Å². The molecule has 2 aromatic carbocycles. The van der Waals surface area contributed by atoms with E-state index in [0.717, 1.165) is 5.75 Å². The first-order chi connectivity index (χ1) is 10.3. The van der Waals surface area contributed by atoms with Gasteiger partial charge in [0.15, 0.2) is 0 Å². The Labute approximate surface area is 124 Å². The molecule has 2 rings (SSSR count). The molecule has 1 N–H and O–H groups in total. The Kier molecular flexibility index (Phi) is 5.79. The van der Waals surface area contributed by atoms with Gasteiger partial charge in [-0.05, 0) is 31.2 Å². The van der Waals surface area contributed by atoms with Crippen LogP contribution in [0.4, 0.5) is 5.69 Å². The van der Waals surface area contributed by atoms with Crippen molar-refractivity contribution in [2.24, 2.45) is 0 Å². The van der Waals surface area contributed by atoms with Crippen LogP contribution in [0.25, 0.3) is 0 Å². The number of benzene rings is 2. The van der Waals surface area contributed by atoms with Gasteiger partial charge in [0, 0.05) is 18.4 Å². The number of carbonyl (C=O) groups is 1. The zero-order valence-electron chi connectivity index (χ0n) is 12.0. The molecule has 4 heteroatoms. The second kappa shape index (κ2) is 8.07. The van der Waals surface area contributed by atoms with Crippen LogP contribution in [0.3, 0.4) is 0 Å². The minimum atomic E-state index is -0.0692. The number of nitrogens with one attached hydrogen (secondary N) is 1. The molecule has 0 aliphatic carbocycles. The van der Waals surface area contributed by atoms with Crippen molar-refractivity contribution in [1.82, 2.24) is 0 Å². The maximum Gasteiger partial charge on any atom is 0.226 e. The fourth-order valence-corrected chi connectivity index (χ4v) is 1.79. The van der Waals surface area contributed by atoms with Crippen molar-refractivity contribution < 1.29 is 14.3 Å². The molecule has 21 heavy (non-hydrogen) atoms. The highest BCUT2D eigenvalue weighted by molar-refractivity contribution is 5.90. The fraction of sp³-hybridized carbons (Fsp3) is 0.235. The van der Waals surface area contributed by atoms with Gasteiger partial charge in [-0.1, -0.05) is 24.3 Å². The minimum Gasteiger partial charge on any atom is -0.457 e. The van der Waals surface area contributed by atoms with Crippen LogP contribution in [0, 0.1) is 0 Å². The first kappa shape index (κ1) is 15.1. The summed E-state index contributed by atoms with van der Waals surface area (Å²) in [4.78, 5) is 11.7.